The lowest BCUT2D eigenvalue weighted by Gasteiger charge is -1.92. The van der Waals surface area contributed by atoms with Crippen LogP contribution in [-0.2, 0) is 0 Å². The first-order valence-electron chi connectivity index (χ1n) is 3.67. The van der Waals surface area contributed by atoms with Crippen LogP contribution in [0.15, 0.2) is 30.6 Å². The monoisotopic (exact) mass is 195 g/mol. The van der Waals surface area contributed by atoms with Crippen molar-refractivity contribution in [3.05, 3.63) is 41.2 Å². The molecule has 0 aliphatic heterocycles. The molecule has 0 bridgehead atoms. The molecule has 0 aliphatic carbocycles. The van der Waals surface area contributed by atoms with Crippen LogP contribution in [-0.4, -0.2) is 15.5 Å². The summed E-state index contributed by atoms with van der Waals surface area (Å²) in [5.41, 5.74) is 1.09. The highest BCUT2D eigenvalue weighted by molar-refractivity contribution is 6.30. The van der Waals surface area contributed by atoms with E-state index in [0.29, 0.717) is 5.02 Å². The van der Waals surface area contributed by atoms with E-state index in [2.05, 4.69) is 0 Å². The van der Waals surface area contributed by atoms with Crippen LogP contribution in [0.4, 0.5) is 0 Å². The SMILES string of the molecule is O=C(O)c1cc2ccc(Cl)cn2c1. The molecule has 1 N–H and O–H groups in total. The van der Waals surface area contributed by atoms with Gasteiger partial charge in [0.05, 0.1) is 10.6 Å². The molecule has 0 radical (unpaired) electrons. The molecular weight excluding hydrogens is 190 g/mol. The molecule has 0 saturated carbocycles. The zero-order chi connectivity index (χ0) is 9.42. The molecule has 0 saturated heterocycles. The van der Waals surface area contributed by atoms with Gasteiger partial charge in [-0.2, -0.15) is 0 Å². The van der Waals surface area contributed by atoms with E-state index >= 15 is 0 Å². The number of pyridine rings is 1. The number of carbonyl (C=O) groups is 1. The number of carboxylic acids is 1. The fourth-order valence-corrected chi connectivity index (χ4v) is 1.37. The maximum absolute atomic E-state index is 10.6. The fourth-order valence-electron chi connectivity index (χ4n) is 1.20. The number of aromatic nitrogens is 1. The van der Waals surface area contributed by atoms with Crippen LogP contribution in [0.25, 0.3) is 5.52 Å². The van der Waals surface area contributed by atoms with Crippen molar-refractivity contribution in [2.24, 2.45) is 0 Å². The summed E-state index contributed by atoms with van der Waals surface area (Å²) in [6.07, 6.45) is 3.20. The van der Waals surface area contributed by atoms with Crippen molar-refractivity contribution in [2.45, 2.75) is 0 Å². The number of hydrogen-bond acceptors (Lipinski definition) is 1. The summed E-state index contributed by atoms with van der Waals surface area (Å²) in [7, 11) is 0. The van der Waals surface area contributed by atoms with E-state index in [1.54, 1.807) is 28.8 Å². The maximum atomic E-state index is 10.6. The van der Waals surface area contributed by atoms with Crippen molar-refractivity contribution in [3.63, 3.8) is 0 Å². The highest BCUT2D eigenvalue weighted by Crippen LogP contribution is 2.14. The van der Waals surface area contributed by atoms with E-state index < -0.39 is 5.97 Å². The average molecular weight is 196 g/mol. The van der Waals surface area contributed by atoms with Gasteiger partial charge < -0.3 is 9.51 Å². The predicted molar refractivity (Wildman–Crippen MR) is 49.4 cm³/mol. The molecular formula is C9H6ClNO2. The zero-order valence-electron chi connectivity index (χ0n) is 6.57. The lowest BCUT2D eigenvalue weighted by molar-refractivity contribution is 0.0697. The fraction of sp³-hybridized carbons (Fsp3) is 0. The summed E-state index contributed by atoms with van der Waals surface area (Å²) in [5.74, 6) is -0.931. The van der Waals surface area contributed by atoms with Gasteiger partial charge in [0.2, 0.25) is 0 Å². The quantitative estimate of drug-likeness (QED) is 0.759. The minimum Gasteiger partial charge on any atom is -0.478 e. The van der Waals surface area contributed by atoms with Gasteiger partial charge in [-0.25, -0.2) is 4.79 Å². The third kappa shape index (κ3) is 1.38. The van der Waals surface area contributed by atoms with Crippen molar-refractivity contribution in [3.8, 4) is 0 Å². The molecule has 0 amide bonds. The van der Waals surface area contributed by atoms with Crippen LogP contribution in [0.1, 0.15) is 10.4 Å². The van der Waals surface area contributed by atoms with E-state index in [-0.39, 0.29) is 5.56 Å². The molecule has 0 atom stereocenters. The van der Waals surface area contributed by atoms with Gasteiger partial charge in [0, 0.05) is 17.9 Å². The normalized spacial score (nSPS) is 10.5. The highest BCUT2D eigenvalue weighted by Gasteiger charge is 2.05. The van der Waals surface area contributed by atoms with Gasteiger partial charge in [-0.3, -0.25) is 0 Å². The third-order valence-corrected chi connectivity index (χ3v) is 2.03. The number of carboxylic acid groups (broad SMARTS) is 1. The van der Waals surface area contributed by atoms with Crippen LogP contribution in [0.5, 0.6) is 0 Å². The zero-order valence-corrected chi connectivity index (χ0v) is 7.32. The minimum atomic E-state index is -0.931. The van der Waals surface area contributed by atoms with Gasteiger partial charge >= 0.3 is 5.97 Å². The van der Waals surface area contributed by atoms with Gasteiger partial charge in [0.1, 0.15) is 0 Å². The van der Waals surface area contributed by atoms with Gasteiger partial charge in [-0.1, -0.05) is 11.6 Å². The van der Waals surface area contributed by atoms with Gasteiger partial charge in [-0.05, 0) is 18.2 Å². The van der Waals surface area contributed by atoms with Crippen LogP contribution >= 0.6 is 11.6 Å². The molecule has 2 aromatic heterocycles. The largest absolute Gasteiger partial charge is 0.478 e. The van der Waals surface area contributed by atoms with Crippen molar-refractivity contribution in [1.29, 1.82) is 0 Å². The number of halogens is 1. The van der Waals surface area contributed by atoms with Crippen molar-refractivity contribution < 1.29 is 9.90 Å². The Morgan fingerprint density at radius 1 is 1.38 bits per heavy atom. The van der Waals surface area contributed by atoms with Gasteiger partial charge in [-0.15, -0.1) is 0 Å². The lowest BCUT2D eigenvalue weighted by Crippen LogP contribution is -1.91. The Morgan fingerprint density at radius 2 is 2.15 bits per heavy atom. The lowest BCUT2D eigenvalue weighted by atomic mass is 10.3. The Balaban J connectivity index is 2.68. The average Bonchev–Trinajstić information content (AvgIpc) is 2.46. The summed E-state index contributed by atoms with van der Waals surface area (Å²) < 4.78 is 1.69. The van der Waals surface area contributed by atoms with Crippen LogP contribution in [0.2, 0.25) is 5.02 Å². The first-order chi connectivity index (χ1) is 6.16. The Kier molecular flexibility index (Phi) is 1.74. The Bertz CT molecular complexity index is 475. The summed E-state index contributed by atoms with van der Waals surface area (Å²) in [6, 6.07) is 5.09. The summed E-state index contributed by atoms with van der Waals surface area (Å²) in [4.78, 5) is 10.6. The Hall–Kier alpha value is -1.48. The number of fused-ring (bicyclic) bond motifs is 1. The Morgan fingerprint density at radius 3 is 2.85 bits per heavy atom. The second-order valence-corrected chi connectivity index (χ2v) is 3.15. The van der Waals surface area contributed by atoms with Crippen molar-refractivity contribution >= 4 is 23.1 Å². The van der Waals surface area contributed by atoms with E-state index in [9.17, 15) is 4.79 Å². The molecule has 0 fully saturated rings. The molecule has 0 unspecified atom stereocenters. The van der Waals surface area contributed by atoms with Gasteiger partial charge in [0.25, 0.3) is 0 Å². The summed E-state index contributed by atoms with van der Waals surface area (Å²) in [6.45, 7) is 0. The maximum Gasteiger partial charge on any atom is 0.337 e. The summed E-state index contributed by atoms with van der Waals surface area (Å²) >= 11 is 5.74. The minimum absolute atomic E-state index is 0.266. The van der Waals surface area contributed by atoms with E-state index in [1.165, 1.54) is 6.20 Å². The number of aromatic carboxylic acids is 1. The second kappa shape index (κ2) is 2.78. The molecule has 2 heterocycles. The predicted octanol–water partition coefficient (Wildman–Crippen LogP) is 2.29. The van der Waals surface area contributed by atoms with Crippen LogP contribution in [0, 0.1) is 0 Å². The Labute approximate surface area is 79.2 Å². The first kappa shape index (κ1) is 8.13. The molecule has 66 valence electrons. The van der Waals surface area contributed by atoms with Crippen molar-refractivity contribution in [2.75, 3.05) is 0 Å². The second-order valence-electron chi connectivity index (χ2n) is 2.71. The van der Waals surface area contributed by atoms with Crippen LogP contribution < -0.4 is 0 Å². The number of nitrogens with zero attached hydrogens (tertiary/aromatic N) is 1. The van der Waals surface area contributed by atoms with E-state index in [1.807, 2.05) is 0 Å². The van der Waals surface area contributed by atoms with E-state index in [4.69, 9.17) is 16.7 Å². The van der Waals surface area contributed by atoms with Crippen LogP contribution in [0.3, 0.4) is 0 Å². The number of rotatable bonds is 1. The number of hydrogen-bond donors (Lipinski definition) is 1. The first-order valence-corrected chi connectivity index (χ1v) is 4.05. The highest BCUT2D eigenvalue weighted by atomic mass is 35.5. The standard InChI is InChI=1S/C9H6ClNO2/c10-7-1-2-8-3-6(9(12)13)4-11(8)5-7/h1-5H,(H,12,13). The smallest absolute Gasteiger partial charge is 0.337 e. The molecule has 2 aromatic rings. The van der Waals surface area contributed by atoms with E-state index in [0.717, 1.165) is 5.52 Å². The topological polar surface area (TPSA) is 41.7 Å². The molecule has 0 aliphatic rings. The molecule has 13 heavy (non-hydrogen) atoms. The molecule has 4 heteroatoms. The molecule has 3 nitrogen and oxygen atoms in total. The van der Waals surface area contributed by atoms with Crippen molar-refractivity contribution in [1.82, 2.24) is 4.40 Å². The molecule has 0 aromatic carbocycles. The third-order valence-electron chi connectivity index (χ3n) is 1.80. The molecule has 0 spiro atoms. The van der Waals surface area contributed by atoms with Gasteiger partial charge in [0.15, 0.2) is 0 Å². The summed E-state index contributed by atoms with van der Waals surface area (Å²) in [5, 5.41) is 9.29. The molecule has 2 rings (SSSR count).